The molecule has 0 aliphatic carbocycles. The van der Waals surface area contributed by atoms with Gasteiger partial charge in [0.2, 0.25) is 0 Å². The van der Waals surface area contributed by atoms with Gasteiger partial charge in [-0.2, -0.15) is 0 Å². The predicted molar refractivity (Wildman–Crippen MR) is 52.6 cm³/mol. The molecule has 0 rings (SSSR count). The highest BCUT2D eigenvalue weighted by Gasteiger charge is 2.17. The van der Waals surface area contributed by atoms with Crippen LogP contribution in [0.5, 0.6) is 0 Å². The lowest BCUT2D eigenvalue weighted by Crippen LogP contribution is -2.15. The predicted octanol–water partition coefficient (Wildman–Crippen LogP) is 2.16. The van der Waals surface area contributed by atoms with Crippen LogP contribution in [0.25, 0.3) is 0 Å². The van der Waals surface area contributed by atoms with Crippen molar-refractivity contribution in [3.05, 3.63) is 12.3 Å². The second-order valence-corrected chi connectivity index (χ2v) is 3.40. The Morgan fingerprint density at radius 3 is 2.69 bits per heavy atom. The Morgan fingerprint density at radius 1 is 1.46 bits per heavy atom. The summed E-state index contributed by atoms with van der Waals surface area (Å²) >= 11 is 0. The second-order valence-electron chi connectivity index (χ2n) is 2.44. The molecule has 76 valence electrons. The maximum Gasteiger partial charge on any atom is 0.697 e. The quantitative estimate of drug-likeness (QED) is 0.598. The molecular weight excluding hydrogens is 189 g/mol. The van der Waals surface area contributed by atoms with Gasteiger partial charge in [-0.25, -0.2) is 0 Å². The normalized spacial score (nSPS) is 12.1. The smallest absolute Gasteiger partial charge is 0.378 e. The van der Waals surface area contributed by atoms with E-state index >= 15 is 0 Å². The molecule has 4 nitrogen and oxygen atoms in total. The van der Waals surface area contributed by atoms with Crippen LogP contribution in [0, 0.1) is 0 Å². The first-order valence-corrected chi connectivity index (χ1v) is 5.36. The van der Waals surface area contributed by atoms with Gasteiger partial charge in [0.25, 0.3) is 0 Å². The zero-order chi connectivity index (χ0) is 10.1. The van der Waals surface area contributed by atoms with Gasteiger partial charge < -0.3 is 4.90 Å². The summed E-state index contributed by atoms with van der Waals surface area (Å²) in [6, 6.07) is 0. The van der Waals surface area contributed by atoms with Crippen LogP contribution in [0.15, 0.2) is 12.3 Å². The van der Waals surface area contributed by atoms with Crippen molar-refractivity contribution in [2.24, 2.45) is 0 Å². The summed E-state index contributed by atoms with van der Waals surface area (Å²) in [7, 11) is 0.00633. The SMILES string of the molecule is C/C=C/N(C)CCO[P+](=O)OCC. The molecule has 0 aliphatic rings. The van der Waals surface area contributed by atoms with Crippen molar-refractivity contribution < 1.29 is 13.6 Å². The Kier molecular flexibility index (Phi) is 7.90. The van der Waals surface area contributed by atoms with Gasteiger partial charge in [-0.15, -0.1) is 9.05 Å². The van der Waals surface area contributed by atoms with E-state index in [0.717, 1.165) is 0 Å². The molecule has 0 fully saturated rings. The van der Waals surface area contributed by atoms with E-state index in [0.29, 0.717) is 19.8 Å². The first-order valence-electron chi connectivity index (χ1n) is 4.26. The fourth-order valence-electron chi connectivity index (χ4n) is 0.731. The van der Waals surface area contributed by atoms with Crippen LogP contribution < -0.4 is 0 Å². The lowest BCUT2D eigenvalue weighted by molar-refractivity contribution is 0.218. The lowest BCUT2D eigenvalue weighted by Gasteiger charge is -2.09. The van der Waals surface area contributed by atoms with Crippen molar-refractivity contribution in [2.75, 3.05) is 26.8 Å². The summed E-state index contributed by atoms with van der Waals surface area (Å²) in [5, 5.41) is 0. The highest BCUT2D eigenvalue weighted by atomic mass is 31.1. The van der Waals surface area contributed by atoms with Crippen LogP contribution >= 0.6 is 8.25 Å². The van der Waals surface area contributed by atoms with E-state index in [1.54, 1.807) is 6.92 Å². The van der Waals surface area contributed by atoms with Crippen LogP contribution in [0.4, 0.5) is 0 Å². The average Bonchev–Trinajstić information content (AvgIpc) is 2.05. The van der Waals surface area contributed by atoms with Gasteiger partial charge in [0.05, 0.1) is 0 Å². The Hall–Kier alpha value is -0.440. The molecule has 0 bridgehead atoms. The van der Waals surface area contributed by atoms with Crippen molar-refractivity contribution in [1.82, 2.24) is 4.90 Å². The minimum Gasteiger partial charge on any atom is -0.378 e. The molecule has 0 aliphatic heterocycles. The van der Waals surface area contributed by atoms with Crippen molar-refractivity contribution >= 4 is 8.25 Å². The molecule has 0 saturated heterocycles. The third-order valence-electron chi connectivity index (χ3n) is 1.28. The van der Waals surface area contributed by atoms with Crippen molar-refractivity contribution in [2.45, 2.75) is 13.8 Å². The Balaban J connectivity index is 3.39. The van der Waals surface area contributed by atoms with Crippen LogP contribution in [0.2, 0.25) is 0 Å². The van der Waals surface area contributed by atoms with Crippen LogP contribution in [0.3, 0.4) is 0 Å². The van der Waals surface area contributed by atoms with E-state index in [9.17, 15) is 4.57 Å². The number of rotatable bonds is 7. The van der Waals surface area contributed by atoms with Gasteiger partial charge in [0, 0.05) is 18.2 Å². The summed E-state index contributed by atoms with van der Waals surface area (Å²) in [5.74, 6) is 0. The highest BCUT2D eigenvalue weighted by molar-refractivity contribution is 7.33. The van der Waals surface area contributed by atoms with Gasteiger partial charge in [-0.1, -0.05) is 6.08 Å². The van der Waals surface area contributed by atoms with Gasteiger partial charge in [0.1, 0.15) is 13.2 Å². The monoisotopic (exact) mass is 206 g/mol. The zero-order valence-corrected chi connectivity index (χ0v) is 9.29. The van der Waals surface area contributed by atoms with Crippen LogP contribution in [0.1, 0.15) is 13.8 Å². The molecule has 0 aromatic carbocycles. The maximum absolute atomic E-state index is 10.8. The molecule has 0 radical (unpaired) electrons. The number of likely N-dealkylation sites (N-methyl/N-ethyl adjacent to an activating group) is 1. The van der Waals surface area contributed by atoms with E-state index in [-0.39, 0.29) is 0 Å². The molecule has 0 saturated carbocycles. The fraction of sp³-hybridized carbons (Fsp3) is 0.750. The van der Waals surface area contributed by atoms with Crippen molar-refractivity contribution in [3.63, 3.8) is 0 Å². The summed E-state index contributed by atoms with van der Waals surface area (Å²) < 4.78 is 20.5. The number of hydrogen-bond donors (Lipinski definition) is 0. The van der Waals surface area contributed by atoms with E-state index in [1.807, 2.05) is 31.1 Å². The van der Waals surface area contributed by atoms with Crippen molar-refractivity contribution in [1.29, 1.82) is 0 Å². The largest absolute Gasteiger partial charge is 0.697 e. The van der Waals surface area contributed by atoms with Gasteiger partial charge in [-0.05, 0) is 20.0 Å². The zero-order valence-electron chi connectivity index (χ0n) is 8.40. The Bertz CT molecular complexity index is 173. The first-order chi connectivity index (χ1) is 6.20. The molecule has 0 spiro atoms. The third kappa shape index (κ3) is 7.91. The summed E-state index contributed by atoms with van der Waals surface area (Å²) in [6.45, 7) is 5.26. The van der Waals surface area contributed by atoms with Crippen LogP contribution in [-0.4, -0.2) is 31.7 Å². The van der Waals surface area contributed by atoms with E-state index in [1.165, 1.54) is 0 Å². The topological polar surface area (TPSA) is 38.8 Å². The Labute approximate surface area is 80.5 Å². The molecule has 0 aromatic heterocycles. The van der Waals surface area contributed by atoms with Gasteiger partial charge >= 0.3 is 8.25 Å². The Morgan fingerprint density at radius 2 is 2.15 bits per heavy atom. The maximum atomic E-state index is 10.8. The minimum atomic E-state index is -1.92. The molecule has 1 atom stereocenters. The molecular formula is C8H17NO3P+. The standard InChI is InChI=1S/C8H17NO3P/c1-4-6-9(3)7-8-12-13(10)11-5-2/h4,6H,5,7-8H2,1-3H3/q+1/b6-4+. The highest BCUT2D eigenvalue weighted by Crippen LogP contribution is 2.22. The van der Waals surface area contributed by atoms with Gasteiger partial charge in [-0.3, -0.25) is 0 Å². The van der Waals surface area contributed by atoms with E-state index < -0.39 is 8.25 Å². The molecule has 0 heterocycles. The van der Waals surface area contributed by atoms with Crippen molar-refractivity contribution in [3.8, 4) is 0 Å². The first kappa shape index (κ1) is 12.6. The fourth-order valence-corrected chi connectivity index (χ4v) is 1.25. The van der Waals surface area contributed by atoms with E-state index in [4.69, 9.17) is 9.05 Å². The average molecular weight is 206 g/mol. The molecule has 13 heavy (non-hydrogen) atoms. The summed E-state index contributed by atoms with van der Waals surface area (Å²) in [4.78, 5) is 1.95. The molecule has 0 aromatic rings. The molecule has 5 heteroatoms. The lowest BCUT2D eigenvalue weighted by atomic mass is 10.6. The number of nitrogens with zero attached hydrogens (tertiary/aromatic N) is 1. The summed E-state index contributed by atoms with van der Waals surface area (Å²) in [5.41, 5.74) is 0. The third-order valence-corrected chi connectivity index (χ3v) is 2.14. The number of hydrogen-bond acceptors (Lipinski definition) is 4. The van der Waals surface area contributed by atoms with E-state index in [2.05, 4.69) is 0 Å². The molecule has 0 N–H and O–H groups in total. The summed E-state index contributed by atoms with van der Waals surface area (Å²) in [6.07, 6.45) is 3.86. The van der Waals surface area contributed by atoms with Crippen LogP contribution in [-0.2, 0) is 13.6 Å². The molecule has 0 amide bonds. The number of allylic oxidation sites excluding steroid dienone is 1. The minimum absolute atomic E-state index is 0.413. The molecule has 1 unspecified atom stereocenters. The second kappa shape index (κ2) is 8.17. The van der Waals surface area contributed by atoms with Gasteiger partial charge in [0.15, 0.2) is 0 Å².